The largest absolute Gasteiger partial charge is 0.485 e. The molecule has 6 nitrogen and oxygen atoms in total. The lowest BCUT2D eigenvalue weighted by Crippen LogP contribution is -2.40. The number of nitrogens with zero attached hydrogens (tertiary/aromatic N) is 2. The van der Waals surface area contributed by atoms with Gasteiger partial charge in [-0.1, -0.05) is 44.2 Å². The molecule has 202 valence electrons. The Kier molecular flexibility index (Phi) is 8.41. The van der Waals surface area contributed by atoms with E-state index in [0.29, 0.717) is 12.3 Å². The molecule has 0 fully saturated rings. The fourth-order valence-electron chi connectivity index (χ4n) is 5.16. The van der Waals surface area contributed by atoms with Gasteiger partial charge in [-0.05, 0) is 92.1 Å². The molecule has 1 unspecified atom stereocenters. The Morgan fingerprint density at radius 1 is 1.18 bits per heavy atom. The molecule has 1 aliphatic heterocycles. The molecular formula is C32H40N2O4. The zero-order valence-corrected chi connectivity index (χ0v) is 23.5. The number of aromatic nitrogens is 1. The van der Waals surface area contributed by atoms with E-state index in [2.05, 4.69) is 61.8 Å². The summed E-state index contributed by atoms with van der Waals surface area (Å²) in [5, 5.41) is 9.32. The lowest BCUT2D eigenvalue weighted by Gasteiger charge is -2.35. The first-order valence-electron chi connectivity index (χ1n) is 13.5. The van der Waals surface area contributed by atoms with Crippen molar-refractivity contribution >= 4 is 5.97 Å². The highest BCUT2D eigenvalue weighted by Crippen LogP contribution is 2.38. The molecular weight excluding hydrogens is 476 g/mol. The number of aliphatic carboxylic acids is 1. The highest BCUT2D eigenvalue weighted by Gasteiger charge is 2.25. The Balaban J connectivity index is 1.67. The van der Waals surface area contributed by atoms with Crippen LogP contribution in [0.3, 0.4) is 0 Å². The maximum atomic E-state index is 11.3. The molecule has 4 rings (SSSR count). The van der Waals surface area contributed by atoms with Gasteiger partial charge in [-0.15, -0.1) is 0 Å². The minimum absolute atomic E-state index is 0.0295. The summed E-state index contributed by atoms with van der Waals surface area (Å²) in [6.07, 6.45) is 4.05. The zero-order valence-electron chi connectivity index (χ0n) is 23.5. The van der Waals surface area contributed by atoms with Gasteiger partial charge in [0.25, 0.3) is 0 Å². The fourth-order valence-corrected chi connectivity index (χ4v) is 5.16. The van der Waals surface area contributed by atoms with E-state index in [1.165, 1.54) is 16.7 Å². The Morgan fingerprint density at radius 3 is 2.66 bits per heavy atom. The number of rotatable bonds is 9. The summed E-state index contributed by atoms with van der Waals surface area (Å²) >= 11 is 0. The van der Waals surface area contributed by atoms with E-state index >= 15 is 0 Å². The molecule has 6 heteroatoms. The molecule has 0 amide bonds. The van der Waals surface area contributed by atoms with Crippen LogP contribution >= 0.6 is 0 Å². The number of carboxylic acids is 1. The lowest BCUT2D eigenvalue weighted by molar-refractivity contribution is -0.141. The second-order valence-corrected chi connectivity index (χ2v) is 11.2. The predicted octanol–water partition coefficient (Wildman–Crippen LogP) is 6.71. The van der Waals surface area contributed by atoms with Crippen LogP contribution in [0, 0.1) is 5.92 Å². The van der Waals surface area contributed by atoms with Gasteiger partial charge >= 0.3 is 5.97 Å². The average Bonchev–Trinajstić information content (AvgIpc) is 2.90. The maximum absolute atomic E-state index is 11.3. The number of fused-ring (bicyclic) bond motifs is 1. The van der Waals surface area contributed by atoms with Crippen LogP contribution in [0.2, 0.25) is 0 Å². The summed E-state index contributed by atoms with van der Waals surface area (Å²) in [5.41, 5.74) is 6.84. The smallest absolute Gasteiger partial charge is 0.306 e. The first kappa shape index (κ1) is 27.6. The van der Waals surface area contributed by atoms with Gasteiger partial charge in [-0.2, -0.15) is 0 Å². The quantitative estimate of drug-likeness (QED) is 0.341. The van der Waals surface area contributed by atoms with Gasteiger partial charge in [0.15, 0.2) is 0 Å². The van der Waals surface area contributed by atoms with E-state index < -0.39 is 11.9 Å². The predicted molar refractivity (Wildman–Crippen MR) is 151 cm³/mol. The molecule has 0 radical (unpaired) electrons. The number of carboxylic acid groups (broad SMARTS) is 1. The number of aryl methyl sites for hydroxylation is 1. The standard InChI is InChI=1S/C32H40N2O4/c1-7-34(32(3,4)5)20-26-18-25(10-12-27(26)24-14-15-33-30(19-24)37-6)28-13-11-23-9-8-22(17-29(23)38-28)16-21(2)31(35)36/h8-10,12,14-15,17-19,21,28H,7,11,13,16,20H2,1-6H3,(H,35,36)/t21?,28-/m0/s1. The first-order chi connectivity index (χ1) is 18.1. The number of pyridine rings is 1. The number of methoxy groups -OCH3 is 1. The summed E-state index contributed by atoms with van der Waals surface area (Å²) in [5.74, 6) is 0.252. The molecule has 1 aromatic heterocycles. The van der Waals surface area contributed by atoms with E-state index in [-0.39, 0.29) is 11.6 Å². The molecule has 38 heavy (non-hydrogen) atoms. The molecule has 3 aromatic rings. The number of hydrogen-bond acceptors (Lipinski definition) is 5. The maximum Gasteiger partial charge on any atom is 0.306 e. The van der Waals surface area contributed by atoms with Crippen LogP contribution < -0.4 is 9.47 Å². The van der Waals surface area contributed by atoms with Crippen molar-refractivity contribution in [3.63, 3.8) is 0 Å². The topological polar surface area (TPSA) is 71.9 Å². The molecule has 0 bridgehead atoms. The fraction of sp³-hybridized carbons (Fsp3) is 0.438. The van der Waals surface area contributed by atoms with Crippen molar-refractivity contribution in [2.24, 2.45) is 5.92 Å². The SMILES string of the molecule is CCN(Cc1cc([C@@H]2CCc3ccc(CC(C)C(=O)O)cc3O2)ccc1-c1ccnc(OC)c1)C(C)(C)C. The number of benzene rings is 2. The Morgan fingerprint density at radius 2 is 1.97 bits per heavy atom. The van der Waals surface area contributed by atoms with Crippen LogP contribution in [-0.4, -0.2) is 40.2 Å². The molecule has 0 saturated heterocycles. The van der Waals surface area contributed by atoms with Crippen LogP contribution in [0.1, 0.15) is 69.4 Å². The van der Waals surface area contributed by atoms with Crippen molar-refractivity contribution in [3.8, 4) is 22.8 Å². The number of hydrogen-bond donors (Lipinski definition) is 1. The van der Waals surface area contributed by atoms with Crippen molar-refractivity contribution in [1.29, 1.82) is 0 Å². The molecule has 0 saturated carbocycles. The Labute approximate surface area is 226 Å². The molecule has 0 aliphatic carbocycles. The van der Waals surface area contributed by atoms with E-state index in [4.69, 9.17) is 9.47 Å². The van der Waals surface area contributed by atoms with E-state index in [1.807, 2.05) is 24.3 Å². The molecule has 1 aliphatic rings. The van der Waals surface area contributed by atoms with Gasteiger partial charge in [-0.3, -0.25) is 9.69 Å². The van der Waals surface area contributed by atoms with Gasteiger partial charge in [-0.25, -0.2) is 4.98 Å². The van der Waals surface area contributed by atoms with E-state index in [9.17, 15) is 9.90 Å². The molecule has 0 spiro atoms. The molecule has 1 N–H and O–H groups in total. The number of ether oxygens (including phenoxy) is 2. The van der Waals surface area contributed by atoms with Crippen molar-refractivity contribution in [2.75, 3.05) is 13.7 Å². The Hall–Kier alpha value is -3.38. The summed E-state index contributed by atoms with van der Waals surface area (Å²) < 4.78 is 11.9. The van der Waals surface area contributed by atoms with Gasteiger partial charge in [0, 0.05) is 24.3 Å². The number of carbonyl (C=O) groups is 1. The molecule has 2 atom stereocenters. The summed E-state index contributed by atoms with van der Waals surface area (Å²) in [4.78, 5) is 18.1. The molecule has 2 heterocycles. The van der Waals surface area contributed by atoms with Crippen molar-refractivity contribution < 1.29 is 19.4 Å². The van der Waals surface area contributed by atoms with Crippen molar-refractivity contribution in [3.05, 3.63) is 77.0 Å². The third-order valence-electron chi connectivity index (χ3n) is 7.49. The van der Waals surface area contributed by atoms with E-state index in [1.54, 1.807) is 20.2 Å². The normalized spacial score (nSPS) is 16.0. The summed E-state index contributed by atoms with van der Waals surface area (Å²) in [6.45, 7) is 12.4. The second kappa shape index (κ2) is 11.6. The average molecular weight is 517 g/mol. The van der Waals surface area contributed by atoms with Gasteiger partial charge < -0.3 is 14.6 Å². The highest BCUT2D eigenvalue weighted by molar-refractivity contribution is 5.70. The summed E-state index contributed by atoms with van der Waals surface area (Å²) in [7, 11) is 1.64. The third kappa shape index (κ3) is 6.36. The van der Waals surface area contributed by atoms with Crippen molar-refractivity contribution in [2.45, 2.75) is 72.1 Å². The van der Waals surface area contributed by atoms with Crippen LogP contribution in [0.15, 0.2) is 54.7 Å². The summed E-state index contributed by atoms with van der Waals surface area (Å²) in [6, 6.07) is 16.8. The van der Waals surface area contributed by atoms with Crippen LogP contribution in [0.5, 0.6) is 11.6 Å². The third-order valence-corrected chi connectivity index (χ3v) is 7.49. The highest BCUT2D eigenvalue weighted by atomic mass is 16.5. The van der Waals surface area contributed by atoms with E-state index in [0.717, 1.165) is 48.4 Å². The zero-order chi connectivity index (χ0) is 27.4. The minimum atomic E-state index is -0.780. The van der Waals surface area contributed by atoms with Crippen LogP contribution in [0.4, 0.5) is 0 Å². The van der Waals surface area contributed by atoms with Crippen LogP contribution in [-0.2, 0) is 24.2 Å². The van der Waals surface area contributed by atoms with Crippen LogP contribution in [0.25, 0.3) is 11.1 Å². The Bertz CT molecular complexity index is 1280. The van der Waals surface area contributed by atoms with Crippen molar-refractivity contribution in [1.82, 2.24) is 9.88 Å². The monoisotopic (exact) mass is 516 g/mol. The van der Waals surface area contributed by atoms with Gasteiger partial charge in [0.05, 0.1) is 13.0 Å². The van der Waals surface area contributed by atoms with Gasteiger partial charge in [0.2, 0.25) is 5.88 Å². The lowest BCUT2D eigenvalue weighted by atomic mass is 9.91. The second-order valence-electron chi connectivity index (χ2n) is 11.2. The minimum Gasteiger partial charge on any atom is -0.485 e. The molecule has 2 aromatic carbocycles. The first-order valence-corrected chi connectivity index (χ1v) is 13.5. The van der Waals surface area contributed by atoms with Gasteiger partial charge in [0.1, 0.15) is 11.9 Å².